The van der Waals surface area contributed by atoms with Crippen LogP contribution in [0.15, 0.2) is 66.5 Å². The van der Waals surface area contributed by atoms with Gasteiger partial charge in [0.25, 0.3) is 0 Å². The molecule has 0 radical (unpaired) electrons. The molecule has 0 bridgehead atoms. The Balaban J connectivity index is 2.20. The molecule has 1 unspecified atom stereocenters. The van der Waals surface area contributed by atoms with Gasteiger partial charge in [0.05, 0.1) is 17.5 Å². The molecule has 35 heavy (non-hydrogen) atoms. The van der Waals surface area contributed by atoms with Crippen molar-refractivity contribution >= 4 is 25.2 Å². The zero-order valence-electron chi connectivity index (χ0n) is 19.7. The molecular weight excluding hydrogens is 468 g/mol. The highest BCUT2D eigenvalue weighted by atomic mass is 31.2. The lowest BCUT2D eigenvalue weighted by atomic mass is 9.84. The number of aliphatic carboxylic acids is 1. The Labute approximate surface area is 203 Å². The maximum Gasteiger partial charge on any atom is 0.310 e. The van der Waals surface area contributed by atoms with Crippen molar-refractivity contribution in [3.05, 3.63) is 83.6 Å². The van der Waals surface area contributed by atoms with Gasteiger partial charge in [0.2, 0.25) is 7.37 Å². The van der Waals surface area contributed by atoms with E-state index < -0.39 is 42.9 Å². The Hall–Kier alpha value is -3.41. The van der Waals surface area contributed by atoms with Gasteiger partial charge in [0.15, 0.2) is 5.78 Å². The van der Waals surface area contributed by atoms with Crippen molar-refractivity contribution in [2.45, 2.75) is 32.6 Å². The molecule has 1 aromatic heterocycles. The molecule has 0 fully saturated rings. The van der Waals surface area contributed by atoms with Crippen LogP contribution in [-0.4, -0.2) is 32.9 Å². The molecular formula is C27H27FNO5P. The number of pyridine rings is 1. The van der Waals surface area contributed by atoms with E-state index in [9.17, 15) is 23.4 Å². The summed E-state index contributed by atoms with van der Waals surface area (Å²) in [6, 6.07) is 17.3. The lowest BCUT2D eigenvalue weighted by Crippen LogP contribution is -2.17. The highest BCUT2D eigenvalue weighted by molar-refractivity contribution is 7.62. The Morgan fingerprint density at radius 3 is 2.23 bits per heavy atom. The number of aromatic nitrogens is 1. The fraction of sp³-hybridized carbons (Fsp3) is 0.222. The molecule has 1 heterocycles. The normalized spacial score (nSPS) is 13.5. The number of carboxylic acid groups (broad SMARTS) is 1. The SMILES string of the molecule is CC(C)(C)c1nc(-c2ccccc2)cc(-c2ccc(F)cc2)c1C=CP(=O)(O)CC(=O)CC(=O)O. The van der Waals surface area contributed by atoms with Crippen LogP contribution in [-0.2, 0) is 19.6 Å². The van der Waals surface area contributed by atoms with E-state index in [4.69, 9.17) is 10.1 Å². The summed E-state index contributed by atoms with van der Waals surface area (Å²) in [5.41, 5.74) is 3.66. The minimum Gasteiger partial charge on any atom is -0.481 e. The molecule has 0 spiro atoms. The van der Waals surface area contributed by atoms with Gasteiger partial charge in [0.1, 0.15) is 12.2 Å². The second-order valence-corrected chi connectivity index (χ2v) is 11.4. The predicted octanol–water partition coefficient (Wildman–Crippen LogP) is 6.14. The van der Waals surface area contributed by atoms with E-state index in [1.165, 1.54) is 18.2 Å². The number of Topliss-reactive ketones (excluding diaryl/α,β-unsaturated/α-hetero) is 1. The van der Waals surface area contributed by atoms with E-state index in [0.717, 1.165) is 11.4 Å². The Kier molecular flexibility index (Phi) is 7.83. The maximum atomic E-state index is 13.7. The number of carboxylic acids is 1. The molecule has 0 saturated heterocycles. The summed E-state index contributed by atoms with van der Waals surface area (Å²) >= 11 is 0. The first-order chi connectivity index (χ1) is 16.4. The number of nitrogens with zero attached hydrogens (tertiary/aromatic N) is 1. The first-order valence-corrected chi connectivity index (χ1v) is 12.9. The van der Waals surface area contributed by atoms with Crippen molar-refractivity contribution in [2.24, 2.45) is 0 Å². The van der Waals surface area contributed by atoms with Gasteiger partial charge < -0.3 is 10.00 Å². The molecule has 0 amide bonds. The van der Waals surface area contributed by atoms with Crippen molar-refractivity contribution in [2.75, 3.05) is 6.16 Å². The van der Waals surface area contributed by atoms with Crippen molar-refractivity contribution in [3.8, 4) is 22.4 Å². The highest BCUT2D eigenvalue weighted by Gasteiger charge is 2.25. The number of carbonyl (C=O) groups is 2. The summed E-state index contributed by atoms with van der Waals surface area (Å²) in [6.45, 7) is 5.89. The van der Waals surface area contributed by atoms with Crippen molar-refractivity contribution in [1.29, 1.82) is 0 Å². The molecule has 3 aromatic rings. The zero-order valence-corrected chi connectivity index (χ0v) is 20.6. The van der Waals surface area contributed by atoms with Crippen molar-refractivity contribution in [3.63, 3.8) is 0 Å². The molecule has 6 nitrogen and oxygen atoms in total. The smallest absolute Gasteiger partial charge is 0.310 e. The van der Waals surface area contributed by atoms with E-state index in [-0.39, 0.29) is 0 Å². The molecule has 0 saturated carbocycles. The van der Waals surface area contributed by atoms with E-state index in [0.29, 0.717) is 28.1 Å². The van der Waals surface area contributed by atoms with Crippen LogP contribution >= 0.6 is 7.37 Å². The quantitative estimate of drug-likeness (QED) is 0.287. The van der Waals surface area contributed by atoms with Gasteiger partial charge in [-0.25, -0.2) is 4.39 Å². The van der Waals surface area contributed by atoms with Gasteiger partial charge in [-0.2, -0.15) is 0 Å². The monoisotopic (exact) mass is 495 g/mol. The number of rotatable bonds is 8. The van der Waals surface area contributed by atoms with Crippen molar-refractivity contribution in [1.82, 2.24) is 4.98 Å². The Morgan fingerprint density at radius 2 is 1.66 bits per heavy atom. The summed E-state index contributed by atoms with van der Waals surface area (Å²) in [4.78, 5) is 37.8. The van der Waals surface area contributed by atoms with Crippen LogP contribution in [0.1, 0.15) is 38.4 Å². The Bertz CT molecular complexity index is 1310. The van der Waals surface area contributed by atoms with Crippen LogP contribution < -0.4 is 0 Å². The number of halogens is 1. The average molecular weight is 495 g/mol. The summed E-state index contributed by atoms with van der Waals surface area (Å²) in [5, 5.41) is 8.77. The summed E-state index contributed by atoms with van der Waals surface area (Å²) < 4.78 is 26.4. The second kappa shape index (κ2) is 10.5. The molecule has 3 rings (SSSR count). The van der Waals surface area contributed by atoms with Crippen LogP contribution in [0.2, 0.25) is 0 Å². The molecule has 182 valence electrons. The van der Waals surface area contributed by atoms with Gasteiger partial charge in [-0.05, 0) is 35.4 Å². The second-order valence-electron chi connectivity index (χ2n) is 9.28. The first kappa shape index (κ1) is 26.2. The van der Waals surface area contributed by atoms with Crippen LogP contribution in [0.3, 0.4) is 0 Å². The van der Waals surface area contributed by atoms with Gasteiger partial charge in [0, 0.05) is 22.4 Å². The molecule has 8 heteroatoms. The van der Waals surface area contributed by atoms with Gasteiger partial charge in [-0.3, -0.25) is 19.1 Å². The van der Waals surface area contributed by atoms with E-state index in [1.807, 2.05) is 57.2 Å². The summed E-state index contributed by atoms with van der Waals surface area (Å²) in [6.07, 6.45) is -0.141. The number of carbonyl (C=O) groups excluding carboxylic acids is 1. The summed E-state index contributed by atoms with van der Waals surface area (Å²) in [7, 11) is -4.11. The molecule has 2 aromatic carbocycles. The standard InChI is InChI=1S/C27H27FNO5P/c1-27(2,3)26-22(13-14-35(33,34)17-21(30)15-25(31)32)23(18-9-11-20(28)12-10-18)16-24(29-26)19-7-5-4-6-8-19/h4-14,16H,15,17H2,1-3H3,(H,31,32)(H,33,34). The molecule has 0 aliphatic rings. The van der Waals surface area contributed by atoms with Crippen molar-refractivity contribution < 1.29 is 28.5 Å². The maximum absolute atomic E-state index is 13.7. The van der Waals surface area contributed by atoms with Gasteiger partial charge in [-0.15, -0.1) is 0 Å². The molecule has 2 N–H and O–H groups in total. The van der Waals surface area contributed by atoms with E-state index in [2.05, 4.69) is 0 Å². The van der Waals surface area contributed by atoms with Crippen LogP contribution in [0.5, 0.6) is 0 Å². The van der Waals surface area contributed by atoms with E-state index in [1.54, 1.807) is 12.1 Å². The predicted molar refractivity (Wildman–Crippen MR) is 135 cm³/mol. The molecule has 0 aliphatic carbocycles. The third kappa shape index (κ3) is 7.04. The van der Waals surface area contributed by atoms with Gasteiger partial charge >= 0.3 is 5.97 Å². The number of benzene rings is 2. The fourth-order valence-electron chi connectivity index (χ4n) is 3.64. The zero-order chi connectivity index (χ0) is 25.8. The largest absolute Gasteiger partial charge is 0.481 e. The van der Waals surface area contributed by atoms with Gasteiger partial charge in [-0.1, -0.05) is 63.2 Å². The first-order valence-electron chi connectivity index (χ1n) is 11.0. The minimum atomic E-state index is -4.11. The number of hydrogen-bond donors (Lipinski definition) is 2. The van der Waals surface area contributed by atoms with Crippen LogP contribution in [0.4, 0.5) is 4.39 Å². The number of hydrogen-bond acceptors (Lipinski definition) is 4. The molecule has 1 atom stereocenters. The average Bonchev–Trinajstić information content (AvgIpc) is 2.77. The summed E-state index contributed by atoms with van der Waals surface area (Å²) in [5.74, 6) is -1.53. The third-order valence-corrected chi connectivity index (χ3v) is 6.64. The molecule has 0 aliphatic heterocycles. The Morgan fingerprint density at radius 1 is 1.03 bits per heavy atom. The highest BCUT2D eigenvalue weighted by Crippen LogP contribution is 2.45. The minimum absolute atomic E-state index is 0.393. The van der Waals surface area contributed by atoms with Crippen LogP contribution in [0, 0.1) is 5.82 Å². The topological polar surface area (TPSA) is 105 Å². The third-order valence-electron chi connectivity index (χ3n) is 5.22. The van der Waals surface area contributed by atoms with E-state index >= 15 is 0 Å². The van der Waals surface area contributed by atoms with Crippen LogP contribution in [0.25, 0.3) is 28.5 Å². The lowest BCUT2D eigenvalue weighted by Gasteiger charge is -2.24. The fourth-order valence-corrected chi connectivity index (χ4v) is 4.75. The number of ketones is 1. The lowest BCUT2D eigenvalue weighted by molar-refractivity contribution is -0.139.